The number of ether oxygens (including phenoxy) is 4. The molecule has 0 radical (unpaired) electrons. The monoisotopic (exact) mass is 597 g/mol. The van der Waals surface area contributed by atoms with Crippen molar-refractivity contribution >= 4 is 16.6 Å². The summed E-state index contributed by atoms with van der Waals surface area (Å²) in [5.74, 6) is 1.13. The number of allylic oxidation sites excluding steroid dienone is 2. The molecule has 3 aromatic rings. The number of likely N-dealkylation sites (tertiary alicyclic amines) is 1. The van der Waals surface area contributed by atoms with Crippen LogP contribution in [0.2, 0.25) is 0 Å². The normalized spacial score (nSPS) is 16.1. The van der Waals surface area contributed by atoms with Gasteiger partial charge in [-0.3, -0.25) is 0 Å². The zero-order valence-electron chi connectivity index (χ0n) is 26.8. The summed E-state index contributed by atoms with van der Waals surface area (Å²) in [6.07, 6.45) is 5.95. The number of fused-ring (bicyclic) bond motifs is 2. The van der Waals surface area contributed by atoms with Crippen LogP contribution in [0, 0.1) is 11.2 Å². The van der Waals surface area contributed by atoms with Gasteiger partial charge in [-0.2, -0.15) is 0 Å². The molecule has 9 nitrogen and oxygen atoms in total. The Morgan fingerprint density at radius 1 is 1.07 bits per heavy atom. The second-order valence-electron chi connectivity index (χ2n) is 10.1. The number of hydrogen-bond acceptors (Lipinski definition) is 9. The highest BCUT2D eigenvalue weighted by atomic mass is 19.1. The first-order valence-corrected chi connectivity index (χ1v) is 15.3. The average Bonchev–Trinajstić information content (AvgIpc) is 3.53. The zero-order valence-corrected chi connectivity index (χ0v) is 26.8. The fourth-order valence-corrected chi connectivity index (χ4v) is 5.44. The van der Waals surface area contributed by atoms with Gasteiger partial charge in [-0.05, 0) is 51.4 Å². The molecule has 0 amide bonds. The van der Waals surface area contributed by atoms with Crippen LogP contribution in [0.5, 0.6) is 23.1 Å². The molecule has 1 spiro atoms. The number of nitrogens with one attached hydrogen (secondary N) is 1. The summed E-state index contributed by atoms with van der Waals surface area (Å²) in [6, 6.07) is 7.03. The van der Waals surface area contributed by atoms with Crippen LogP contribution in [0.25, 0.3) is 10.9 Å². The third-order valence-electron chi connectivity index (χ3n) is 7.42. The first-order valence-electron chi connectivity index (χ1n) is 15.3. The molecule has 0 aliphatic carbocycles. The lowest BCUT2D eigenvalue weighted by Crippen LogP contribution is -2.56. The van der Waals surface area contributed by atoms with Crippen molar-refractivity contribution in [1.82, 2.24) is 14.9 Å². The van der Waals surface area contributed by atoms with Crippen molar-refractivity contribution in [2.75, 3.05) is 58.9 Å². The SMILES string of the molecule is CC.CC.CN.COc1cc2c(Oc3ccc4c(c3F)CC=C(C)N4)ncnc2cc1OCCCN1CC2(CCOC2)C1. The van der Waals surface area contributed by atoms with Crippen molar-refractivity contribution in [2.45, 2.75) is 53.9 Å². The van der Waals surface area contributed by atoms with Gasteiger partial charge in [-0.15, -0.1) is 0 Å². The molecule has 4 heterocycles. The van der Waals surface area contributed by atoms with Crippen LogP contribution in [-0.2, 0) is 11.2 Å². The summed E-state index contributed by atoms with van der Waals surface area (Å²) in [7, 11) is 3.09. The molecule has 3 N–H and O–H groups in total. The van der Waals surface area contributed by atoms with E-state index >= 15 is 4.39 Å². The average molecular weight is 598 g/mol. The minimum absolute atomic E-state index is 0.115. The predicted octanol–water partition coefficient (Wildman–Crippen LogP) is 6.56. The van der Waals surface area contributed by atoms with Crippen molar-refractivity contribution < 1.29 is 23.3 Å². The van der Waals surface area contributed by atoms with Gasteiger partial charge in [0.25, 0.3) is 0 Å². The third-order valence-corrected chi connectivity index (χ3v) is 7.42. The molecule has 0 unspecified atom stereocenters. The van der Waals surface area contributed by atoms with E-state index in [0.717, 1.165) is 50.7 Å². The number of nitrogens with two attached hydrogens (primary N) is 1. The van der Waals surface area contributed by atoms with E-state index in [2.05, 4.69) is 25.9 Å². The Kier molecular flexibility index (Phi) is 13.0. The number of anilines is 1. The number of benzene rings is 2. The van der Waals surface area contributed by atoms with Gasteiger partial charge in [0.1, 0.15) is 6.33 Å². The van der Waals surface area contributed by atoms with E-state index in [1.807, 2.05) is 52.8 Å². The van der Waals surface area contributed by atoms with E-state index in [0.29, 0.717) is 46.4 Å². The van der Waals surface area contributed by atoms with Gasteiger partial charge < -0.3 is 34.9 Å². The van der Waals surface area contributed by atoms with E-state index in [1.54, 1.807) is 19.2 Å². The predicted molar refractivity (Wildman–Crippen MR) is 171 cm³/mol. The fraction of sp³-hybridized carbons (Fsp3) is 0.515. The maximum absolute atomic E-state index is 15.2. The second-order valence-corrected chi connectivity index (χ2v) is 10.1. The van der Waals surface area contributed by atoms with Gasteiger partial charge in [-0.25, -0.2) is 14.4 Å². The van der Waals surface area contributed by atoms with Gasteiger partial charge >= 0.3 is 0 Å². The highest BCUT2D eigenvalue weighted by Crippen LogP contribution is 2.39. The zero-order chi connectivity index (χ0) is 31.4. The van der Waals surface area contributed by atoms with Crippen LogP contribution in [0.15, 0.2) is 42.4 Å². The van der Waals surface area contributed by atoms with E-state index in [4.69, 9.17) is 18.9 Å². The van der Waals surface area contributed by atoms with Gasteiger partial charge in [0.05, 0.1) is 31.2 Å². The quantitative estimate of drug-likeness (QED) is 0.279. The highest BCUT2D eigenvalue weighted by molar-refractivity contribution is 5.87. The van der Waals surface area contributed by atoms with Gasteiger partial charge in [-0.1, -0.05) is 33.8 Å². The summed E-state index contributed by atoms with van der Waals surface area (Å²) in [5.41, 5.74) is 7.85. The first kappa shape index (κ1) is 34.0. The molecule has 0 atom stereocenters. The largest absolute Gasteiger partial charge is 0.493 e. The van der Waals surface area contributed by atoms with Crippen molar-refractivity contribution in [3.05, 3.63) is 53.7 Å². The maximum Gasteiger partial charge on any atom is 0.230 e. The Bertz CT molecular complexity index is 1350. The minimum Gasteiger partial charge on any atom is -0.493 e. The molecular formula is C33H48FN5O4. The molecule has 2 fully saturated rings. The number of rotatable bonds is 8. The summed E-state index contributed by atoms with van der Waals surface area (Å²) in [5, 5.41) is 3.80. The molecule has 3 aliphatic rings. The summed E-state index contributed by atoms with van der Waals surface area (Å²) >= 11 is 0. The summed E-state index contributed by atoms with van der Waals surface area (Å²) < 4.78 is 38.4. The van der Waals surface area contributed by atoms with Crippen LogP contribution in [0.3, 0.4) is 0 Å². The van der Waals surface area contributed by atoms with E-state index in [1.165, 1.54) is 19.8 Å². The minimum atomic E-state index is -0.402. The molecule has 3 aliphatic heterocycles. The maximum atomic E-state index is 15.2. The Morgan fingerprint density at radius 3 is 2.53 bits per heavy atom. The Labute approximate surface area is 255 Å². The Hall–Kier alpha value is -3.47. The van der Waals surface area contributed by atoms with Crippen LogP contribution in [-0.4, -0.2) is 68.5 Å². The smallest absolute Gasteiger partial charge is 0.230 e. The van der Waals surface area contributed by atoms with Crippen LogP contribution >= 0.6 is 0 Å². The topological polar surface area (TPSA) is 104 Å². The lowest BCUT2D eigenvalue weighted by molar-refractivity contribution is -0.00891. The fourth-order valence-electron chi connectivity index (χ4n) is 5.44. The Balaban J connectivity index is 0.000000796. The number of halogens is 1. The van der Waals surface area contributed by atoms with Crippen LogP contribution in [0.1, 0.15) is 53.0 Å². The van der Waals surface area contributed by atoms with Gasteiger partial charge in [0.15, 0.2) is 23.1 Å². The molecule has 1 aromatic heterocycles. The lowest BCUT2D eigenvalue weighted by atomic mass is 9.79. The van der Waals surface area contributed by atoms with Crippen LogP contribution in [0.4, 0.5) is 10.1 Å². The molecule has 43 heavy (non-hydrogen) atoms. The molecule has 0 saturated carbocycles. The second kappa shape index (κ2) is 16.4. The van der Waals surface area contributed by atoms with Crippen molar-refractivity contribution in [1.29, 1.82) is 0 Å². The third kappa shape index (κ3) is 7.93. The molecule has 2 aromatic carbocycles. The molecule has 6 rings (SSSR count). The number of nitrogens with zero attached hydrogens (tertiary/aromatic N) is 3. The van der Waals surface area contributed by atoms with Crippen molar-refractivity contribution in [3.8, 4) is 23.1 Å². The van der Waals surface area contributed by atoms with E-state index in [-0.39, 0.29) is 11.6 Å². The molecule has 10 heteroatoms. The Morgan fingerprint density at radius 2 is 1.84 bits per heavy atom. The molecule has 2 saturated heterocycles. The molecular weight excluding hydrogens is 549 g/mol. The summed E-state index contributed by atoms with van der Waals surface area (Å²) in [4.78, 5) is 11.1. The van der Waals surface area contributed by atoms with Gasteiger partial charge in [0.2, 0.25) is 5.88 Å². The first-order chi connectivity index (χ1) is 21.0. The van der Waals surface area contributed by atoms with Crippen molar-refractivity contribution in [3.63, 3.8) is 0 Å². The molecule has 236 valence electrons. The number of hydrogen-bond donors (Lipinski definition) is 2. The van der Waals surface area contributed by atoms with Gasteiger partial charge in [0, 0.05) is 54.7 Å². The standard InChI is InChI=1S/C28H31FN4O4.2C2H6.CH5N/c1-18-4-5-19-21(32-18)6-7-23(26(19)29)37-27-20-12-24(34-2)25(13-22(20)30-17-31-27)36-10-3-9-33-14-28(15-33)8-11-35-16-28;3*1-2/h4,6-7,12-13,17,32H,3,5,8-11,14-16H2,1-2H3;2*1-2H3;2H2,1H3. The lowest BCUT2D eigenvalue weighted by Gasteiger charge is -2.47. The number of methoxy groups -OCH3 is 1. The number of aromatic nitrogens is 2. The summed E-state index contributed by atoms with van der Waals surface area (Å²) in [6.45, 7) is 15.5. The van der Waals surface area contributed by atoms with E-state index < -0.39 is 5.82 Å². The highest BCUT2D eigenvalue weighted by Gasteiger charge is 2.45. The van der Waals surface area contributed by atoms with Crippen LogP contribution < -0.4 is 25.3 Å². The molecule has 0 bridgehead atoms. The van der Waals surface area contributed by atoms with E-state index in [9.17, 15) is 0 Å². The van der Waals surface area contributed by atoms with Crippen molar-refractivity contribution in [2.24, 2.45) is 11.1 Å².